The minimum Gasteiger partial charge on any atom is -0.321 e. The molecule has 1 aromatic rings. The van der Waals surface area contributed by atoms with Crippen LogP contribution >= 0.6 is 0 Å². The summed E-state index contributed by atoms with van der Waals surface area (Å²) in [6, 6.07) is 7.94. The number of hydrogen-bond donors (Lipinski definition) is 1. The summed E-state index contributed by atoms with van der Waals surface area (Å²) < 4.78 is 0.809. The molecule has 1 N–H and O–H groups in total. The van der Waals surface area contributed by atoms with Gasteiger partial charge in [-0.05, 0) is 44.2 Å². The van der Waals surface area contributed by atoms with Gasteiger partial charge in [-0.1, -0.05) is 49.6 Å². The quantitative estimate of drug-likeness (QED) is 0.570. The van der Waals surface area contributed by atoms with Gasteiger partial charge in [-0.2, -0.15) is 0 Å². The number of nitrogens with zero attached hydrogens (tertiary/aromatic N) is 1. The van der Waals surface area contributed by atoms with Gasteiger partial charge in [0.15, 0.2) is 6.54 Å². The molecule has 0 atom stereocenters. The molecule has 1 fully saturated rings. The van der Waals surface area contributed by atoms with Crippen LogP contribution in [0.15, 0.2) is 61.2 Å². The predicted molar refractivity (Wildman–Crippen MR) is 106 cm³/mol. The molecule has 0 radical (unpaired) electrons. The number of carbonyl (C=O) groups is 1. The fourth-order valence-electron chi connectivity index (χ4n) is 3.66. The summed E-state index contributed by atoms with van der Waals surface area (Å²) in [5.41, 5.74) is 3.16. The lowest BCUT2D eigenvalue weighted by Gasteiger charge is -2.37. The number of carbonyl (C=O) groups excluding carboxylic acids is 1. The third-order valence-electron chi connectivity index (χ3n) is 5.03. The molecule has 1 aliphatic rings. The first-order chi connectivity index (χ1) is 12.1. The van der Waals surface area contributed by atoms with Crippen molar-refractivity contribution in [3.8, 4) is 0 Å². The van der Waals surface area contributed by atoms with E-state index in [1.165, 1.54) is 25.7 Å². The fourth-order valence-corrected chi connectivity index (χ4v) is 3.66. The molecule has 0 spiro atoms. The van der Waals surface area contributed by atoms with E-state index in [0.29, 0.717) is 6.54 Å². The predicted octanol–water partition coefficient (Wildman–Crippen LogP) is 4.62. The molecule has 25 heavy (non-hydrogen) atoms. The van der Waals surface area contributed by atoms with Crippen molar-refractivity contribution in [2.75, 3.05) is 31.5 Å². The molecule has 1 aliphatic heterocycles. The van der Waals surface area contributed by atoms with Crippen molar-refractivity contribution >= 4 is 11.6 Å². The van der Waals surface area contributed by atoms with Gasteiger partial charge < -0.3 is 9.80 Å². The number of rotatable bonds is 7. The number of aryl methyl sites for hydroxylation is 1. The van der Waals surface area contributed by atoms with Gasteiger partial charge >= 0.3 is 0 Å². The first-order valence-electron chi connectivity index (χ1n) is 9.23. The van der Waals surface area contributed by atoms with E-state index < -0.39 is 0 Å². The molecule has 0 saturated carbocycles. The van der Waals surface area contributed by atoms with Crippen LogP contribution in [0.5, 0.6) is 0 Å². The molecule has 1 heterocycles. The van der Waals surface area contributed by atoms with Crippen LogP contribution in [0.3, 0.4) is 0 Å². The zero-order valence-electron chi connectivity index (χ0n) is 15.5. The summed E-state index contributed by atoms with van der Waals surface area (Å²) in [6.45, 7) is 13.2. The average molecular weight is 340 g/mol. The molecule has 1 saturated heterocycles. The molecule has 1 aromatic carbocycles. The SMILES string of the molecule is C=C/C=C(\C=C)C[N+]1(CC(=O)Nc2ccccc2C)CCCCCC1. The topological polar surface area (TPSA) is 29.1 Å². The second-order valence-corrected chi connectivity index (χ2v) is 7.06. The highest BCUT2D eigenvalue weighted by Crippen LogP contribution is 2.22. The lowest BCUT2D eigenvalue weighted by molar-refractivity contribution is -0.915. The van der Waals surface area contributed by atoms with Gasteiger partial charge in [0.25, 0.3) is 5.91 Å². The lowest BCUT2D eigenvalue weighted by Crippen LogP contribution is -2.53. The minimum absolute atomic E-state index is 0.0956. The van der Waals surface area contributed by atoms with Crippen molar-refractivity contribution in [2.24, 2.45) is 0 Å². The third-order valence-corrected chi connectivity index (χ3v) is 5.03. The summed E-state index contributed by atoms with van der Waals surface area (Å²) in [7, 11) is 0. The Balaban J connectivity index is 2.16. The second kappa shape index (κ2) is 9.38. The molecule has 134 valence electrons. The van der Waals surface area contributed by atoms with Crippen molar-refractivity contribution in [3.63, 3.8) is 0 Å². The number of hydrogen-bond acceptors (Lipinski definition) is 1. The normalized spacial score (nSPS) is 17.4. The second-order valence-electron chi connectivity index (χ2n) is 7.06. The Kier molecular flexibility index (Phi) is 7.20. The van der Waals surface area contributed by atoms with Crippen molar-refractivity contribution in [1.29, 1.82) is 0 Å². The number of quaternary nitrogens is 1. The summed E-state index contributed by atoms with van der Waals surface area (Å²) in [6.07, 6.45) is 10.6. The van der Waals surface area contributed by atoms with E-state index in [0.717, 1.165) is 40.9 Å². The molecule has 2 rings (SSSR count). The highest BCUT2D eigenvalue weighted by molar-refractivity contribution is 5.92. The zero-order valence-corrected chi connectivity index (χ0v) is 15.5. The summed E-state index contributed by atoms with van der Waals surface area (Å²) in [5, 5.41) is 3.11. The van der Waals surface area contributed by atoms with E-state index in [1.807, 2.05) is 43.3 Å². The van der Waals surface area contributed by atoms with Crippen LogP contribution in [0, 0.1) is 6.92 Å². The molecule has 0 bridgehead atoms. The molecular weight excluding hydrogens is 308 g/mol. The Hall–Kier alpha value is -2.13. The van der Waals surface area contributed by atoms with Gasteiger partial charge in [0.05, 0.1) is 13.1 Å². The van der Waals surface area contributed by atoms with Gasteiger partial charge in [0.1, 0.15) is 6.54 Å². The van der Waals surface area contributed by atoms with Crippen LogP contribution in [-0.2, 0) is 4.79 Å². The fraction of sp³-hybridized carbons (Fsp3) is 0.409. The Morgan fingerprint density at radius 2 is 1.80 bits per heavy atom. The average Bonchev–Trinajstić information content (AvgIpc) is 2.82. The summed E-state index contributed by atoms with van der Waals surface area (Å²) in [4.78, 5) is 12.8. The Morgan fingerprint density at radius 1 is 1.12 bits per heavy atom. The van der Waals surface area contributed by atoms with E-state index in [4.69, 9.17) is 0 Å². The first-order valence-corrected chi connectivity index (χ1v) is 9.23. The third kappa shape index (κ3) is 5.71. The van der Waals surface area contributed by atoms with Gasteiger partial charge in [0, 0.05) is 11.3 Å². The first kappa shape index (κ1) is 19.2. The molecular formula is C22H31N2O+. The van der Waals surface area contributed by atoms with Crippen LogP contribution in [0.25, 0.3) is 0 Å². The Labute approximate surface area is 152 Å². The van der Waals surface area contributed by atoms with E-state index in [2.05, 4.69) is 18.5 Å². The maximum Gasteiger partial charge on any atom is 0.279 e. The lowest BCUT2D eigenvalue weighted by atomic mass is 10.1. The molecule has 0 unspecified atom stereocenters. The zero-order chi connectivity index (χ0) is 18.1. The van der Waals surface area contributed by atoms with Crippen LogP contribution in [0.4, 0.5) is 5.69 Å². The number of benzene rings is 1. The van der Waals surface area contributed by atoms with Gasteiger partial charge in [-0.25, -0.2) is 0 Å². The maximum atomic E-state index is 12.8. The largest absolute Gasteiger partial charge is 0.321 e. The van der Waals surface area contributed by atoms with Crippen LogP contribution < -0.4 is 5.32 Å². The smallest absolute Gasteiger partial charge is 0.279 e. The van der Waals surface area contributed by atoms with Crippen molar-refractivity contribution < 1.29 is 9.28 Å². The molecule has 3 heteroatoms. The van der Waals surface area contributed by atoms with Crippen molar-refractivity contribution in [2.45, 2.75) is 32.6 Å². The van der Waals surface area contributed by atoms with E-state index in [9.17, 15) is 4.79 Å². The minimum atomic E-state index is 0.0956. The molecule has 0 aromatic heterocycles. The van der Waals surface area contributed by atoms with Crippen LogP contribution in [0.1, 0.15) is 31.2 Å². The van der Waals surface area contributed by atoms with Gasteiger partial charge in [0.2, 0.25) is 0 Å². The Bertz CT molecular complexity index is 637. The molecule has 1 amide bonds. The molecule has 3 nitrogen and oxygen atoms in total. The van der Waals surface area contributed by atoms with E-state index >= 15 is 0 Å². The molecule has 0 aliphatic carbocycles. The van der Waals surface area contributed by atoms with Crippen molar-refractivity contribution in [1.82, 2.24) is 0 Å². The van der Waals surface area contributed by atoms with Gasteiger partial charge in [-0.3, -0.25) is 4.79 Å². The number of anilines is 1. The van der Waals surface area contributed by atoms with E-state index in [-0.39, 0.29) is 5.91 Å². The number of amides is 1. The maximum absolute atomic E-state index is 12.8. The van der Waals surface area contributed by atoms with Gasteiger partial charge in [-0.15, -0.1) is 0 Å². The number of allylic oxidation sites excluding steroid dienone is 2. The Morgan fingerprint density at radius 3 is 2.40 bits per heavy atom. The summed E-state index contributed by atoms with van der Waals surface area (Å²) >= 11 is 0. The van der Waals surface area contributed by atoms with E-state index in [1.54, 1.807) is 6.08 Å². The monoisotopic (exact) mass is 339 g/mol. The van der Waals surface area contributed by atoms with Crippen LogP contribution in [0.2, 0.25) is 0 Å². The number of nitrogens with one attached hydrogen (secondary N) is 1. The standard InChI is InChI=1S/C22H30N2O/c1-4-12-20(5-2)17-24(15-10-6-7-11-16-24)18-22(25)23-21-14-9-8-13-19(21)3/h4-5,8-9,12-14H,1-2,6-7,10-11,15-18H2,3H3/p+1/b20-12+. The number of likely N-dealkylation sites (tertiary alicyclic amines) is 1. The summed E-state index contributed by atoms with van der Waals surface area (Å²) in [5.74, 6) is 0.0956. The van der Waals surface area contributed by atoms with Crippen molar-refractivity contribution in [3.05, 3.63) is 66.8 Å². The highest BCUT2D eigenvalue weighted by Gasteiger charge is 2.32. The number of para-hydroxylation sites is 1. The van der Waals surface area contributed by atoms with Crippen LogP contribution in [-0.4, -0.2) is 36.6 Å². The highest BCUT2D eigenvalue weighted by atomic mass is 16.2.